The van der Waals surface area contributed by atoms with Gasteiger partial charge in [0.25, 0.3) is 0 Å². The SMILES string of the molecule is CC/C=C\C/C=C\C/C=C\C/C=C\C/C=C\C/C=C\C/C=C\C/C=C\CCCCC(=O)OCC(COC(=O)CCCCCCC/C=C\C/C=C\CCCCC)OC(=O)CC/C=C\C/C=C\C/C=C\C/C=C\C/C=C\C/C=C\CC. The molecule has 0 radical (unpaired) electrons. The molecule has 6 heteroatoms. The summed E-state index contributed by atoms with van der Waals surface area (Å²) < 4.78 is 16.8. The monoisotopic (exact) mass is 1080 g/mol. The predicted octanol–water partition coefficient (Wildman–Crippen LogP) is 21.4. The smallest absolute Gasteiger partial charge is 0.306 e. The van der Waals surface area contributed by atoms with Crippen molar-refractivity contribution in [3.63, 3.8) is 0 Å². The van der Waals surface area contributed by atoms with Crippen molar-refractivity contribution >= 4 is 17.9 Å². The molecule has 0 aromatic carbocycles. The molecule has 0 rings (SSSR count). The van der Waals surface area contributed by atoms with E-state index in [0.29, 0.717) is 19.3 Å². The third-order valence-corrected chi connectivity index (χ3v) is 12.1. The third-order valence-electron chi connectivity index (χ3n) is 12.1. The average molecular weight is 1080 g/mol. The van der Waals surface area contributed by atoms with E-state index in [4.69, 9.17) is 14.2 Å². The van der Waals surface area contributed by atoms with E-state index >= 15 is 0 Å². The average Bonchev–Trinajstić information content (AvgIpc) is 3.45. The Morgan fingerprint density at radius 3 is 0.848 bits per heavy atom. The molecule has 0 aromatic rings. The fourth-order valence-corrected chi connectivity index (χ4v) is 7.51. The van der Waals surface area contributed by atoms with E-state index in [9.17, 15) is 14.4 Å². The van der Waals surface area contributed by atoms with E-state index in [1.54, 1.807) is 0 Å². The van der Waals surface area contributed by atoms with Crippen molar-refractivity contribution in [1.82, 2.24) is 0 Å². The maximum absolute atomic E-state index is 12.9. The van der Waals surface area contributed by atoms with E-state index in [-0.39, 0.29) is 38.0 Å². The Kier molecular flexibility index (Phi) is 60.1. The summed E-state index contributed by atoms with van der Waals surface area (Å²) in [6.45, 7) is 6.25. The molecule has 0 fully saturated rings. The fraction of sp³-hybridized carbons (Fsp3) is 0.521. The Labute approximate surface area is 484 Å². The molecular formula is C73H110O6. The predicted molar refractivity (Wildman–Crippen MR) is 343 cm³/mol. The minimum absolute atomic E-state index is 0.140. The highest BCUT2D eigenvalue weighted by Crippen LogP contribution is 2.11. The minimum Gasteiger partial charge on any atom is -0.462 e. The Balaban J connectivity index is 4.61. The van der Waals surface area contributed by atoms with Gasteiger partial charge in [0.1, 0.15) is 13.2 Å². The molecule has 0 aliphatic rings. The summed E-state index contributed by atoms with van der Waals surface area (Å²) in [5, 5.41) is 0. The number of unbranched alkanes of at least 4 members (excludes halogenated alkanes) is 10. The van der Waals surface area contributed by atoms with Crippen molar-refractivity contribution < 1.29 is 28.6 Å². The van der Waals surface area contributed by atoms with Crippen LogP contribution in [-0.2, 0) is 28.6 Å². The van der Waals surface area contributed by atoms with Crippen molar-refractivity contribution in [2.24, 2.45) is 0 Å². The quantitative estimate of drug-likeness (QED) is 0.0261. The molecule has 0 heterocycles. The maximum atomic E-state index is 12.9. The number of carbonyl (C=O) groups is 3. The van der Waals surface area contributed by atoms with Gasteiger partial charge in [-0.05, 0) is 154 Å². The van der Waals surface area contributed by atoms with E-state index in [1.807, 2.05) is 12.2 Å². The minimum atomic E-state index is -0.856. The zero-order valence-electron chi connectivity index (χ0n) is 50.0. The molecule has 1 atom stereocenters. The van der Waals surface area contributed by atoms with Crippen LogP contribution in [0.1, 0.15) is 226 Å². The number of hydrogen-bond donors (Lipinski definition) is 0. The lowest BCUT2D eigenvalue weighted by molar-refractivity contribution is -0.166. The van der Waals surface area contributed by atoms with E-state index < -0.39 is 12.1 Å². The molecule has 0 spiro atoms. The molecule has 0 saturated heterocycles. The van der Waals surface area contributed by atoms with E-state index in [2.05, 4.69) is 203 Å². The molecule has 0 bridgehead atoms. The first-order chi connectivity index (χ1) is 39.0. The molecule has 0 aliphatic carbocycles. The van der Waals surface area contributed by atoms with Crippen molar-refractivity contribution in [2.45, 2.75) is 232 Å². The van der Waals surface area contributed by atoms with E-state index in [0.717, 1.165) is 148 Å². The Hall–Kier alpha value is -5.75. The molecule has 0 saturated carbocycles. The van der Waals surface area contributed by atoms with Gasteiger partial charge in [0, 0.05) is 19.3 Å². The summed E-state index contributed by atoms with van der Waals surface area (Å²) in [5.41, 5.74) is 0. The summed E-state index contributed by atoms with van der Waals surface area (Å²) in [4.78, 5) is 38.2. The van der Waals surface area contributed by atoms with Gasteiger partial charge in [-0.25, -0.2) is 0 Å². The summed E-state index contributed by atoms with van der Waals surface area (Å²) in [6.07, 6.45) is 98.7. The molecule has 79 heavy (non-hydrogen) atoms. The Morgan fingerprint density at radius 1 is 0.266 bits per heavy atom. The maximum Gasteiger partial charge on any atom is 0.306 e. The largest absolute Gasteiger partial charge is 0.462 e. The summed E-state index contributed by atoms with van der Waals surface area (Å²) >= 11 is 0. The summed E-state index contributed by atoms with van der Waals surface area (Å²) in [6, 6.07) is 0. The molecule has 0 aromatic heterocycles. The zero-order valence-corrected chi connectivity index (χ0v) is 50.0. The molecular weight excluding hydrogens is 973 g/mol. The highest BCUT2D eigenvalue weighted by Gasteiger charge is 2.19. The van der Waals surface area contributed by atoms with Gasteiger partial charge in [-0.15, -0.1) is 0 Å². The number of esters is 3. The lowest BCUT2D eigenvalue weighted by atomic mass is 10.1. The van der Waals surface area contributed by atoms with Crippen LogP contribution >= 0.6 is 0 Å². The van der Waals surface area contributed by atoms with Crippen molar-refractivity contribution in [3.05, 3.63) is 194 Å². The van der Waals surface area contributed by atoms with Gasteiger partial charge in [-0.2, -0.15) is 0 Å². The highest BCUT2D eigenvalue weighted by atomic mass is 16.6. The first-order valence-electron chi connectivity index (χ1n) is 30.9. The Bertz CT molecular complexity index is 1920. The number of ether oxygens (including phenoxy) is 3. The van der Waals surface area contributed by atoms with Gasteiger partial charge < -0.3 is 14.2 Å². The van der Waals surface area contributed by atoms with Crippen molar-refractivity contribution in [1.29, 1.82) is 0 Å². The molecule has 1 unspecified atom stereocenters. The van der Waals surface area contributed by atoms with E-state index in [1.165, 1.54) is 25.7 Å². The number of rotatable bonds is 53. The molecule has 0 amide bonds. The second-order valence-electron chi connectivity index (χ2n) is 19.5. The van der Waals surface area contributed by atoms with Crippen LogP contribution in [0.3, 0.4) is 0 Å². The normalized spacial score (nSPS) is 13.5. The van der Waals surface area contributed by atoms with Gasteiger partial charge in [-0.1, -0.05) is 247 Å². The standard InChI is InChI=1S/C73H110O6/c1-4-7-10-13-16-19-22-25-28-30-32-33-34-35-36-37-38-39-41-42-45-48-51-54-57-60-63-66-72(75)78-69-70(68-77-71(74)65-62-59-56-53-50-47-44-27-24-21-18-15-12-9-6-3)79-73(76)67-64-61-58-55-52-49-46-43-40-31-29-26-23-20-17-14-11-8-5-2/h7-8,10-11,16-21,25-29,32-33,35-36,38-40,42-45,49,51-52,54,58,61,70H,4-6,9,12-15,22-24,30-31,34,37,41,46-48,50,53,55-57,59-60,62-69H2,1-3H3/b10-7-,11-8-,19-16-,20-17-,21-18-,28-25-,29-26-,33-32-,36-35-,39-38-,43-40-,44-27-,45-42-,52-49-,54-51-,61-58-. The summed E-state index contributed by atoms with van der Waals surface area (Å²) in [7, 11) is 0. The van der Waals surface area contributed by atoms with Crippen LogP contribution in [-0.4, -0.2) is 37.2 Å². The van der Waals surface area contributed by atoms with Crippen LogP contribution in [0.15, 0.2) is 194 Å². The van der Waals surface area contributed by atoms with Gasteiger partial charge in [-0.3, -0.25) is 14.4 Å². The van der Waals surface area contributed by atoms with Crippen molar-refractivity contribution in [3.8, 4) is 0 Å². The molecule has 438 valence electrons. The van der Waals surface area contributed by atoms with Crippen LogP contribution in [0.25, 0.3) is 0 Å². The van der Waals surface area contributed by atoms with Gasteiger partial charge in [0.05, 0.1) is 0 Å². The lowest BCUT2D eigenvalue weighted by Gasteiger charge is -2.18. The second-order valence-corrected chi connectivity index (χ2v) is 19.5. The fourth-order valence-electron chi connectivity index (χ4n) is 7.51. The third kappa shape index (κ3) is 63.0. The first-order valence-corrected chi connectivity index (χ1v) is 30.9. The molecule has 0 N–H and O–H groups in total. The first kappa shape index (κ1) is 73.2. The number of allylic oxidation sites excluding steroid dienone is 32. The van der Waals surface area contributed by atoms with Crippen LogP contribution in [0, 0.1) is 0 Å². The zero-order chi connectivity index (χ0) is 57.1. The van der Waals surface area contributed by atoms with Crippen LogP contribution in [0.4, 0.5) is 0 Å². The van der Waals surface area contributed by atoms with Crippen LogP contribution in [0.2, 0.25) is 0 Å². The Morgan fingerprint density at radius 2 is 0.519 bits per heavy atom. The van der Waals surface area contributed by atoms with Gasteiger partial charge in [0.2, 0.25) is 0 Å². The summed E-state index contributed by atoms with van der Waals surface area (Å²) in [5.74, 6) is -1.10. The second kappa shape index (κ2) is 64.8. The van der Waals surface area contributed by atoms with Crippen LogP contribution in [0.5, 0.6) is 0 Å². The lowest BCUT2D eigenvalue weighted by Crippen LogP contribution is -2.30. The van der Waals surface area contributed by atoms with Gasteiger partial charge >= 0.3 is 17.9 Å². The topological polar surface area (TPSA) is 78.9 Å². The highest BCUT2D eigenvalue weighted by molar-refractivity contribution is 5.71. The molecule has 6 nitrogen and oxygen atoms in total. The van der Waals surface area contributed by atoms with Crippen molar-refractivity contribution in [2.75, 3.05) is 13.2 Å². The number of carbonyl (C=O) groups excluding carboxylic acids is 3. The number of hydrogen-bond acceptors (Lipinski definition) is 6. The van der Waals surface area contributed by atoms with Crippen LogP contribution < -0.4 is 0 Å². The van der Waals surface area contributed by atoms with Gasteiger partial charge in [0.15, 0.2) is 6.10 Å². The molecule has 0 aliphatic heterocycles.